The fourth-order valence-corrected chi connectivity index (χ4v) is 2.68. The van der Waals surface area contributed by atoms with E-state index in [4.69, 9.17) is 5.73 Å². The second kappa shape index (κ2) is 8.84. The van der Waals surface area contributed by atoms with Gasteiger partial charge in [0.15, 0.2) is 0 Å². The van der Waals surface area contributed by atoms with E-state index in [1.54, 1.807) is 17.9 Å². The summed E-state index contributed by atoms with van der Waals surface area (Å²) in [6.45, 7) is 3.49. The smallest absolute Gasteiger partial charge is 0.253 e. The molecular weight excluding hydrogens is 321 g/mol. The minimum atomic E-state index is -0.325. The molecule has 1 aliphatic heterocycles. The molecule has 1 saturated heterocycles. The largest absolute Gasteiger partial charge is 0.355 e. The van der Waals surface area contributed by atoms with Gasteiger partial charge in [0.2, 0.25) is 5.91 Å². The summed E-state index contributed by atoms with van der Waals surface area (Å²) in [5.74, 6) is -0.738. The van der Waals surface area contributed by atoms with E-state index in [1.807, 2.05) is 0 Å². The Morgan fingerprint density at radius 1 is 1.43 bits per heavy atom. The highest BCUT2D eigenvalue weighted by Crippen LogP contribution is 2.20. The molecule has 0 spiro atoms. The molecule has 0 bridgehead atoms. The van der Waals surface area contributed by atoms with Gasteiger partial charge in [0.25, 0.3) is 5.91 Å². The molecule has 3 N–H and O–H groups in total. The number of hydrogen-bond donors (Lipinski definition) is 2. The lowest BCUT2D eigenvalue weighted by Crippen LogP contribution is -2.46. The second-order valence-electron chi connectivity index (χ2n) is 5.63. The van der Waals surface area contributed by atoms with Crippen molar-refractivity contribution >= 4 is 24.2 Å². The average Bonchev–Trinajstić information content (AvgIpc) is 2.54. The molecule has 1 atom stereocenters. The summed E-state index contributed by atoms with van der Waals surface area (Å²) >= 11 is 0. The van der Waals surface area contributed by atoms with Crippen LogP contribution in [-0.4, -0.2) is 42.9 Å². The van der Waals surface area contributed by atoms with Crippen molar-refractivity contribution < 1.29 is 14.0 Å². The predicted octanol–water partition coefficient (Wildman–Crippen LogP) is 1.48. The Hall–Kier alpha value is -1.66. The highest BCUT2D eigenvalue weighted by molar-refractivity contribution is 5.95. The minimum Gasteiger partial charge on any atom is -0.355 e. The van der Waals surface area contributed by atoms with Gasteiger partial charge < -0.3 is 16.0 Å². The number of carbonyl (C=O) groups excluding carboxylic acids is 2. The van der Waals surface area contributed by atoms with Gasteiger partial charge in [-0.3, -0.25) is 9.59 Å². The average molecular weight is 344 g/mol. The zero-order valence-corrected chi connectivity index (χ0v) is 14.0. The number of piperidine rings is 1. The third-order valence-electron chi connectivity index (χ3n) is 3.93. The van der Waals surface area contributed by atoms with Gasteiger partial charge in [-0.25, -0.2) is 4.39 Å². The number of likely N-dealkylation sites (tertiary alicyclic amines) is 1. The van der Waals surface area contributed by atoms with Crippen LogP contribution in [0.3, 0.4) is 0 Å². The van der Waals surface area contributed by atoms with Crippen LogP contribution in [0.5, 0.6) is 0 Å². The number of aryl methyl sites for hydroxylation is 1. The quantitative estimate of drug-likeness (QED) is 0.869. The summed E-state index contributed by atoms with van der Waals surface area (Å²) in [5.41, 5.74) is 6.28. The number of halogens is 2. The summed E-state index contributed by atoms with van der Waals surface area (Å²) in [5, 5.41) is 2.77. The number of nitrogens with one attached hydrogen (secondary N) is 1. The molecule has 2 amide bonds. The van der Waals surface area contributed by atoms with Crippen molar-refractivity contribution in [1.82, 2.24) is 10.2 Å². The summed E-state index contributed by atoms with van der Waals surface area (Å²) < 4.78 is 13.3. The highest BCUT2D eigenvalue weighted by atomic mass is 35.5. The molecule has 1 unspecified atom stereocenters. The maximum absolute atomic E-state index is 13.3. The molecule has 0 aliphatic carbocycles. The van der Waals surface area contributed by atoms with Crippen molar-refractivity contribution in [3.05, 3.63) is 35.1 Å². The summed E-state index contributed by atoms with van der Waals surface area (Å²) in [6, 6.07) is 4.34. The summed E-state index contributed by atoms with van der Waals surface area (Å²) in [4.78, 5) is 26.2. The lowest BCUT2D eigenvalue weighted by atomic mass is 9.96. The molecule has 23 heavy (non-hydrogen) atoms. The number of hydrogen-bond acceptors (Lipinski definition) is 3. The topological polar surface area (TPSA) is 75.4 Å². The second-order valence-corrected chi connectivity index (χ2v) is 5.63. The molecule has 1 aromatic carbocycles. The predicted molar refractivity (Wildman–Crippen MR) is 89.1 cm³/mol. The van der Waals surface area contributed by atoms with Crippen LogP contribution in [0.25, 0.3) is 0 Å². The Morgan fingerprint density at radius 2 is 2.17 bits per heavy atom. The Labute approximate surface area is 141 Å². The number of rotatable bonds is 4. The van der Waals surface area contributed by atoms with Gasteiger partial charge in [0.1, 0.15) is 5.82 Å². The van der Waals surface area contributed by atoms with Crippen LogP contribution in [-0.2, 0) is 4.79 Å². The molecule has 128 valence electrons. The van der Waals surface area contributed by atoms with Crippen molar-refractivity contribution in [3.63, 3.8) is 0 Å². The zero-order chi connectivity index (χ0) is 16.1. The molecule has 1 aliphatic rings. The molecular formula is C16H23ClFN3O2. The molecule has 0 radical (unpaired) electrons. The first kappa shape index (κ1) is 19.4. The first-order chi connectivity index (χ1) is 10.5. The van der Waals surface area contributed by atoms with E-state index in [9.17, 15) is 14.0 Å². The van der Waals surface area contributed by atoms with Crippen LogP contribution in [0.2, 0.25) is 0 Å². The number of carbonyl (C=O) groups is 2. The Morgan fingerprint density at radius 3 is 2.83 bits per heavy atom. The Balaban J connectivity index is 0.00000264. The van der Waals surface area contributed by atoms with Crippen molar-refractivity contribution in [2.45, 2.75) is 19.8 Å². The van der Waals surface area contributed by atoms with Gasteiger partial charge in [-0.05, 0) is 43.5 Å². The van der Waals surface area contributed by atoms with Crippen molar-refractivity contribution in [2.75, 3.05) is 26.2 Å². The van der Waals surface area contributed by atoms with E-state index in [1.165, 1.54) is 12.1 Å². The van der Waals surface area contributed by atoms with Gasteiger partial charge in [0.05, 0.1) is 5.92 Å². The van der Waals surface area contributed by atoms with Gasteiger partial charge in [-0.1, -0.05) is 0 Å². The van der Waals surface area contributed by atoms with E-state index in [0.29, 0.717) is 37.3 Å². The maximum atomic E-state index is 13.3. The van der Waals surface area contributed by atoms with Crippen LogP contribution < -0.4 is 11.1 Å². The molecule has 1 heterocycles. The zero-order valence-electron chi connectivity index (χ0n) is 13.2. The monoisotopic (exact) mass is 343 g/mol. The molecule has 0 aromatic heterocycles. The Bertz CT molecular complexity index is 568. The fourth-order valence-electron chi connectivity index (χ4n) is 2.68. The molecule has 0 saturated carbocycles. The van der Waals surface area contributed by atoms with Crippen LogP contribution in [0.1, 0.15) is 28.8 Å². The van der Waals surface area contributed by atoms with E-state index in [0.717, 1.165) is 12.8 Å². The Kier molecular flexibility index (Phi) is 7.45. The van der Waals surface area contributed by atoms with Crippen LogP contribution in [0.4, 0.5) is 4.39 Å². The van der Waals surface area contributed by atoms with Crippen LogP contribution in [0.15, 0.2) is 18.2 Å². The maximum Gasteiger partial charge on any atom is 0.253 e. The minimum absolute atomic E-state index is 0. The highest BCUT2D eigenvalue weighted by Gasteiger charge is 2.28. The number of benzene rings is 1. The van der Waals surface area contributed by atoms with Gasteiger partial charge >= 0.3 is 0 Å². The SMILES string of the molecule is Cc1cc(C(=O)N2CCCC(C(=O)NCCN)C2)ccc1F.Cl. The van der Waals surface area contributed by atoms with Crippen molar-refractivity contribution in [3.8, 4) is 0 Å². The molecule has 2 rings (SSSR count). The van der Waals surface area contributed by atoms with E-state index in [-0.39, 0.29) is 36.0 Å². The normalized spacial score (nSPS) is 17.3. The first-order valence-corrected chi connectivity index (χ1v) is 7.56. The van der Waals surface area contributed by atoms with E-state index >= 15 is 0 Å². The van der Waals surface area contributed by atoms with Crippen LogP contribution >= 0.6 is 12.4 Å². The third-order valence-corrected chi connectivity index (χ3v) is 3.93. The molecule has 5 nitrogen and oxygen atoms in total. The number of nitrogens with two attached hydrogens (primary N) is 1. The van der Waals surface area contributed by atoms with Gasteiger partial charge in [0, 0.05) is 31.7 Å². The van der Waals surface area contributed by atoms with Crippen molar-refractivity contribution in [2.24, 2.45) is 11.7 Å². The number of nitrogens with zero attached hydrogens (tertiary/aromatic N) is 1. The van der Waals surface area contributed by atoms with Gasteiger partial charge in [-0.15, -0.1) is 12.4 Å². The van der Waals surface area contributed by atoms with Crippen molar-refractivity contribution in [1.29, 1.82) is 0 Å². The fraction of sp³-hybridized carbons (Fsp3) is 0.500. The summed E-state index contributed by atoms with van der Waals surface area (Å²) in [7, 11) is 0. The number of amides is 2. The van der Waals surface area contributed by atoms with E-state index in [2.05, 4.69) is 5.32 Å². The third kappa shape index (κ3) is 4.91. The van der Waals surface area contributed by atoms with E-state index < -0.39 is 0 Å². The first-order valence-electron chi connectivity index (χ1n) is 7.56. The summed E-state index contributed by atoms with van der Waals surface area (Å²) in [6.07, 6.45) is 1.55. The molecule has 1 fully saturated rings. The lowest BCUT2D eigenvalue weighted by Gasteiger charge is -2.32. The molecule has 7 heteroatoms. The standard InChI is InChI=1S/C16H22FN3O2.ClH/c1-11-9-12(4-5-14(11)17)16(22)20-8-2-3-13(10-20)15(21)19-7-6-18;/h4-5,9,13H,2-3,6-8,10,18H2,1H3,(H,19,21);1H. The lowest BCUT2D eigenvalue weighted by molar-refractivity contribution is -0.126. The molecule has 1 aromatic rings. The van der Waals surface area contributed by atoms with Crippen LogP contribution in [0, 0.1) is 18.7 Å². The van der Waals surface area contributed by atoms with Gasteiger partial charge in [-0.2, -0.15) is 0 Å².